The number of amides is 1. The van der Waals surface area contributed by atoms with E-state index in [9.17, 15) is 18.0 Å². The van der Waals surface area contributed by atoms with Crippen LogP contribution in [0.3, 0.4) is 0 Å². The number of carbonyl (C=O) groups is 1. The zero-order valence-electron chi connectivity index (χ0n) is 14.4. The van der Waals surface area contributed by atoms with E-state index in [1.807, 2.05) is 24.3 Å². The van der Waals surface area contributed by atoms with Crippen molar-refractivity contribution in [2.45, 2.75) is 6.18 Å². The number of carbonyl (C=O) groups excluding carboxylic acids is 1. The van der Waals surface area contributed by atoms with Gasteiger partial charge in [0.1, 0.15) is 10.7 Å². The first kappa shape index (κ1) is 19.3. The molecule has 0 atom stereocenters. The molecule has 0 spiro atoms. The first-order chi connectivity index (χ1) is 13.8. The summed E-state index contributed by atoms with van der Waals surface area (Å²) in [4.78, 5) is 25.4. The van der Waals surface area contributed by atoms with Crippen LogP contribution in [0.4, 0.5) is 18.9 Å². The Morgan fingerprint density at radius 1 is 1.07 bits per heavy atom. The van der Waals surface area contributed by atoms with Gasteiger partial charge in [0.15, 0.2) is 5.69 Å². The fourth-order valence-electron chi connectivity index (χ4n) is 2.64. The number of benzene rings is 2. The zero-order valence-corrected chi connectivity index (χ0v) is 15.9. The molecule has 0 aliphatic rings. The molecule has 0 saturated heterocycles. The van der Waals surface area contributed by atoms with Crippen LogP contribution in [-0.4, -0.2) is 20.9 Å². The Bertz CT molecular complexity index is 1190. The molecule has 29 heavy (non-hydrogen) atoms. The molecule has 0 aliphatic carbocycles. The standard InChI is InChI=1S/C19H10ClF3N4OS/c20-12-6-5-10(9-11(12)19(21,22)23)26-17(28)15-16(25-8-7-24-15)18-27-13-3-1-2-4-14(13)29-18/h1-9H,(H,26,28). The average Bonchev–Trinajstić information content (AvgIpc) is 3.12. The number of para-hydroxylation sites is 1. The fourth-order valence-corrected chi connectivity index (χ4v) is 3.83. The number of nitrogens with one attached hydrogen (secondary N) is 1. The Morgan fingerprint density at radius 3 is 2.59 bits per heavy atom. The number of thiazole rings is 1. The number of anilines is 1. The van der Waals surface area contributed by atoms with Crippen molar-refractivity contribution in [2.75, 3.05) is 5.32 Å². The first-order valence-electron chi connectivity index (χ1n) is 8.18. The SMILES string of the molecule is O=C(Nc1ccc(Cl)c(C(F)(F)F)c1)c1nccnc1-c1nc2ccccc2s1. The van der Waals surface area contributed by atoms with Gasteiger partial charge >= 0.3 is 6.18 Å². The highest BCUT2D eigenvalue weighted by molar-refractivity contribution is 7.21. The van der Waals surface area contributed by atoms with E-state index >= 15 is 0 Å². The molecule has 0 unspecified atom stereocenters. The van der Waals surface area contributed by atoms with Crippen LogP contribution in [0.5, 0.6) is 0 Å². The number of hydrogen-bond acceptors (Lipinski definition) is 5. The van der Waals surface area contributed by atoms with Crippen LogP contribution >= 0.6 is 22.9 Å². The molecule has 0 fully saturated rings. The maximum atomic E-state index is 13.0. The Labute approximate surface area is 171 Å². The van der Waals surface area contributed by atoms with Crippen LogP contribution < -0.4 is 5.32 Å². The van der Waals surface area contributed by atoms with E-state index in [0.717, 1.165) is 22.3 Å². The second kappa shape index (κ2) is 7.41. The van der Waals surface area contributed by atoms with Crippen LogP contribution in [0.15, 0.2) is 54.9 Å². The minimum absolute atomic E-state index is 0.0462. The first-order valence-corrected chi connectivity index (χ1v) is 9.37. The molecular formula is C19H10ClF3N4OS. The van der Waals surface area contributed by atoms with Crippen molar-refractivity contribution >= 4 is 44.7 Å². The van der Waals surface area contributed by atoms with Crippen molar-refractivity contribution in [3.63, 3.8) is 0 Å². The zero-order chi connectivity index (χ0) is 20.6. The molecule has 0 aliphatic heterocycles. The molecule has 2 aromatic heterocycles. The highest BCUT2D eigenvalue weighted by Gasteiger charge is 2.33. The van der Waals surface area contributed by atoms with Gasteiger partial charge in [-0.3, -0.25) is 4.79 Å². The molecule has 1 amide bonds. The molecule has 5 nitrogen and oxygen atoms in total. The molecule has 0 saturated carbocycles. The second-order valence-corrected chi connectivity index (χ2v) is 7.32. The van der Waals surface area contributed by atoms with E-state index < -0.39 is 22.7 Å². The second-order valence-electron chi connectivity index (χ2n) is 5.89. The Balaban J connectivity index is 1.69. The quantitative estimate of drug-likeness (QED) is 0.450. The smallest absolute Gasteiger partial charge is 0.321 e. The van der Waals surface area contributed by atoms with Gasteiger partial charge < -0.3 is 5.32 Å². The lowest BCUT2D eigenvalue weighted by atomic mass is 10.2. The molecule has 2 aromatic carbocycles. The predicted octanol–water partition coefficient (Wildman–Crippen LogP) is 5.68. The van der Waals surface area contributed by atoms with E-state index in [-0.39, 0.29) is 17.1 Å². The van der Waals surface area contributed by atoms with Gasteiger partial charge in [0.25, 0.3) is 5.91 Å². The van der Waals surface area contributed by atoms with Gasteiger partial charge in [0, 0.05) is 18.1 Å². The number of fused-ring (bicyclic) bond motifs is 1. The summed E-state index contributed by atoms with van der Waals surface area (Å²) in [6, 6.07) is 10.6. The maximum absolute atomic E-state index is 13.0. The largest absolute Gasteiger partial charge is 0.417 e. The number of nitrogens with zero attached hydrogens (tertiary/aromatic N) is 3. The van der Waals surface area contributed by atoms with Crippen molar-refractivity contribution < 1.29 is 18.0 Å². The van der Waals surface area contributed by atoms with Crippen molar-refractivity contribution in [1.82, 2.24) is 15.0 Å². The molecule has 146 valence electrons. The highest BCUT2D eigenvalue weighted by atomic mass is 35.5. The molecule has 10 heteroatoms. The number of alkyl halides is 3. The lowest BCUT2D eigenvalue weighted by Gasteiger charge is -2.12. The summed E-state index contributed by atoms with van der Waals surface area (Å²) in [5.41, 5.74) is -0.154. The monoisotopic (exact) mass is 434 g/mol. The van der Waals surface area contributed by atoms with Crippen molar-refractivity contribution in [1.29, 1.82) is 0 Å². The van der Waals surface area contributed by atoms with Crippen LogP contribution in [0.2, 0.25) is 5.02 Å². The average molecular weight is 435 g/mol. The van der Waals surface area contributed by atoms with Crippen molar-refractivity contribution in [3.8, 4) is 10.7 Å². The number of halogens is 4. The fraction of sp³-hybridized carbons (Fsp3) is 0.0526. The van der Waals surface area contributed by atoms with Crippen LogP contribution in [0.25, 0.3) is 20.9 Å². The maximum Gasteiger partial charge on any atom is 0.417 e. The van der Waals surface area contributed by atoms with E-state index in [1.54, 1.807) is 0 Å². The molecular weight excluding hydrogens is 425 g/mol. The van der Waals surface area contributed by atoms with E-state index in [1.165, 1.54) is 29.8 Å². The van der Waals surface area contributed by atoms with Crippen LogP contribution in [-0.2, 0) is 6.18 Å². The number of aromatic nitrogens is 3. The summed E-state index contributed by atoms with van der Waals surface area (Å²) in [7, 11) is 0. The normalized spacial score (nSPS) is 11.6. The van der Waals surface area contributed by atoms with Crippen molar-refractivity contribution in [3.05, 3.63) is 71.1 Å². The summed E-state index contributed by atoms with van der Waals surface area (Å²) in [6.45, 7) is 0. The van der Waals surface area contributed by atoms with Gasteiger partial charge in [-0.2, -0.15) is 13.2 Å². The number of rotatable bonds is 3. The van der Waals surface area contributed by atoms with Gasteiger partial charge in [0.2, 0.25) is 0 Å². The third kappa shape index (κ3) is 3.92. The summed E-state index contributed by atoms with van der Waals surface area (Å²) < 4.78 is 40.1. The van der Waals surface area contributed by atoms with Crippen molar-refractivity contribution in [2.24, 2.45) is 0 Å². The van der Waals surface area contributed by atoms with E-state index in [4.69, 9.17) is 11.6 Å². The molecule has 0 radical (unpaired) electrons. The van der Waals surface area contributed by atoms with Gasteiger partial charge in [0.05, 0.1) is 20.8 Å². The minimum atomic E-state index is -4.64. The number of hydrogen-bond donors (Lipinski definition) is 1. The van der Waals surface area contributed by atoms with Gasteiger partial charge in [-0.05, 0) is 30.3 Å². The highest BCUT2D eigenvalue weighted by Crippen LogP contribution is 2.36. The summed E-state index contributed by atoms with van der Waals surface area (Å²) >= 11 is 6.95. The third-order valence-corrected chi connectivity index (χ3v) is 5.31. The minimum Gasteiger partial charge on any atom is -0.321 e. The van der Waals surface area contributed by atoms with E-state index in [2.05, 4.69) is 20.3 Å². The Morgan fingerprint density at radius 2 is 1.83 bits per heavy atom. The molecule has 4 rings (SSSR count). The summed E-state index contributed by atoms with van der Waals surface area (Å²) in [5, 5.41) is 2.45. The Kier molecular flexibility index (Phi) is 4.93. The molecule has 4 aromatic rings. The lowest BCUT2D eigenvalue weighted by Crippen LogP contribution is -2.16. The predicted molar refractivity (Wildman–Crippen MR) is 105 cm³/mol. The summed E-state index contributed by atoms with van der Waals surface area (Å²) in [6.07, 6.45) is -1.90. The van der Waals surface area contributed by atoms with Gasteiger partial charge in [-0.1, -0.05) is 23.7 Å². The summed E-state index contributed by atoms with van der Waals surface area (Å²) in [5.74, 6) is -0.706. The van der Waals surface area contributed by atoms with Crippen LogP contribution in [0, 0.1) is 0 Å². The molecule has 2 heterocycles. The lowest BCUT2D eigenvalue weighted by molar-refractivity contribution is -0.137. The molecule has 0 bridgehead atoms. The van der Waals surface area contributed by atoms with Gasteiger partial charge in [-0.25, -0.2) is 15.0 Å². The topological polar surface area (TPSA) is 67.8 Å². The van der Waals surface area contributed by atoms with E-state index in [0.29, 0.717) is 5.01 Å². The van der Waals surface area contributed by atoms with Crippen LogP contribution in [0.1, 0.15) is 16.1 Å². The molecule has 1 N–H and O–H groups in total. The Hall–Kier alpha value is -3.04. The van der Waals surface area contributed by atoms with Gasteiger partial charge in [-0.15, -0.1) is 11.3 Å². The third-order valence-electron chi connectivity index (χ3n) is 3.94.